The van der Waals surface area contributed by atoms with E-state index in [1.54, 1.807) is 17.2 Å². The summed E-state index contributed by atoms with van der Waals surface area (Å²) in [6.07, 6.45) is 2.57. The Morgan fingerprint density at radius 1 is 1.21 bits per heavy atom. The maximum Gasteiger partial charge on any atom is 0.272 e. The first kappa shape index (κ1) is 16.7. The Morgan fingerprint density at radius 3 is 2.93 bits per heavy atom. The van der Waals surface area contributed by atoms with Crippen molar-refractivity contribution in [1.82, 2.24) is 25.0 Å². The molecular formula is C21H19N5O3. The number of carbonyl (C=O) groups is 2. The molecular weight excluding hydrogens is 370 g/mol. The van der Waals surface area contributed by atoms with Crippen molar-refractivity contribution in [2.45, 2.75) is 30.7 Å². The van der Waals surface area contributed by atoms with Gasteiger partial charge in [0.15, 0.2) is 11.4 Å². The molecule has 2 aromatic heterocycles. The lowest BCUT2D eigenvalue weighted by molar-refractivity contribution is -0.138. The van der Waals surface area contributed by atoms with E-state index in [1.807, 2.05) is 41.3 Å². The molecule has 1 aromatic carbocycles. The first-order valence-electron chi connectivity index (χ1n) is 9.79. The van der Waals surface area contributed by atoms with Gasteiger partial charge >= 0.3 is 0 Å². The van der Waals surface area contributed by atoms with Crippen LogP contribution in [-0.4, -0.2) is 61.7 Å². The predicted molar refractivity (Wildman–Crippen MR) is 103 cm³/mol. The molecule has 0 saturated carbocycles. The van der Waals surface area contributed by atoms with E-state index in [9.17, 15) is 9.59 Å². The van der Waals surface area contributed by atoms with Crippen molar-refractivity contribution in [1.29, 1.82) is 0 Å². The third kappa shape index (κ3) is 2.23. The molecule has 3 atom stereocenters. The standard InChI is InChI=1S/C21H19N5O3/c27-18-10-17-21(26(18)16(12-29-21)13-4-2-1-3-5-13)8-9-25(17)20(28)15-7-6-14-11-22-24-19(14)23-15/h1-7,11,16-17H,8-10,12H2,(H,22,23,24)/t16-,17+,21-/m0/s1. The van der Waals surface area contributed by atoms with Gasteiger partial charge in [-0.05, 0) is 17.7 Å². The summed E-state index contributed by atoms with van der Waals surface area (Å²) in [6, 6.07) is 13.1. The molecule has 3 fully saturated rings. The molecule has 8 nitrogen and oxygen atoms in total. The van der Waals surface area contributed by atoms with Crippen molar-refractivity contribution in [3.63, 3.8) is 0 Å². The molecule has 5 heterocycles. The minimum absolute atomic E-state index is 0.0378. The molecule has 1 spiro atoms. The number of rotatable bonds is 2. The summed E-state index contributed by atoms with van der Waals surface area (Å²) in [5.41, 5.74) is 1.26. The number of hydrogen-bond donors (Lipinski definition) is 1. The van der Waals surface area contributed by atoms with Gasteiger partial charge in [-0.15, -0.1) is 0 Å². The molecule has 3 aromatic rings. The molecule has 0 unspecified atom stereocenters. The highest BCUT2D eigenvalue weighted by Gasteiger charge is 2.65. The fourth-order valence-corrected chi connectivity index (χ4v) is 5.10. The summed E-state index contributed by atoms with van der Waals surface area (Å²) in [4.78, 5) is 34.3. The molecule has 3 aliphatic rings. The summed E-state index contributed by atoms with van der Waals surface area (Å²) in [7, 11) is 0. The minimum atomic E-state index is -0.731. The molecule has 2 amide bonds. The number of benzene rings is 1. The SMILES string of the molecule is O=C(c1ccc2cn[nH]c2n1)N1CC[C@@]23OC[C@@H](c4ccccc4)N2C(=O)C[C@@H]13. The monoisotopic (exact) mass is 389 g/mol. The highest BCUT2D eigenvalue weighted by molar-refractivity contribution is 5.96. The molecule has 0 bridgehead atoms. The van der Waals surface area contributed by atoms with Gasteiger partial charge in [0, 0.05) is 18.4 Å². The van der Waals surface area contributed by atoms with Gasteiger partial charge in [-0.2, -0.15) is 5.10 Å². The quantitative estimate of drug-likeness (QED) is 0.723. The minimum Gasteiger partial charge on any atom is -0.351 e. The number of amides is 2. The topological polar surface area (TPSA) is 91.4 Å². The normalized spacial score (nSPS) is 28.2. The van der Waals surface area contributed by atoms with Gasteiger partial charge in [0.05, 0.1) is 31.3 Å². The van der Waals surface area contributed by atoms with Crippen LogP contribution in [0.5, 0.6) is 0 Å². The van der Waals surface area contributed by atoms with Crippen LogP contribution in [0.4, 0.5) is 0 Å². The van der Waals surface area contributed by atoms with E-state index in [4.69, 9.17) is 4.74 Å². The zero-order chi connectivity index (χ0) is 19.6. The van der Waals surface area contributed by atoms with Crippen LogP contribution in [0, 0.1) is 0 Å². The van der Waals surface area contributed by atoms with Crippen LogP contribution in [0.2, 0.25) is 0 Å². The smallest absolute Gasteiger partial charge is 0.272 e. The largest absolute Gasteiger partial charge is 0.351 e. The first-order chi connectivity index (χ1) is 14.2. The number of aromatic nitrogens is 3. The van der Waals surface area contributed by atoms with Crippen LogP contribution in [0.1, 0.15) is 34.9 Å². The number of ether oxygens (including phenoxy) is 1. The van der Waals surface area contributed by atoms with Crippen molar-refractivity contribution in [2.75, 3.05) is 13.2 Å². The van der Waals surface area contributed by atoms with Crippen molar-refractivity contribution in [3.8, 4) is 0 Å². The Balaban J connectivity index is 1.33. The maximum absolute atomic E-state index is 13.2. The molecule has 1 N–H and O–H groups in total. The number of likely N-dealkylation sites (tertiary alicyclic amines) is 1. The van der Waals surface area contributed by atoms with Gasteiger partial charge in [-0.3, -0.25) is 14.7 Å². The van der Waals surface area contributed by atoms with Gasteiger partial charge in [-0.25, -0.2) is 4.98 Å². The van der Waals surface area contributed by atoms with E-state index in [-0.39, 0.29) is 30.3 Å². The second-order valence-electron chi connectivity index (χ2n) is 7.82. The number of carbonyl (C=O) groups excluding carboxylic acids is 2. The van der Waals surface area contributed by atoms with Crippen LogP contribution in [-0.2, 0) is 9.53 Å². The molecule has 29 heavy (non-hydrogen) atoms. The zero-order valence-corrected chi connectivity index (χ0v) is 15.6. The van der Waals surface area contributed by atoms with Crippen LogP contribution in [0.3, 0.4) is 0 Å². The third-order valence-electron chi connectivity index (χ3n) is 6.42. The van der Waals surface area contributed by atoms with E-state index in [1.165, 1.54) is 0 Å². The number of hydrogen-bond acceptors (Lipinski definition) is 5. The Kier molecular flexibility index (Phi) is 3.37. The number of aromatic amines is 1. The van der Waals surface area contributed by atoms with Gasteiger partial charge in [0.25, 0.3) is 5.91 Å². The van der Waals surface area contributed by atoms with Crippen molar-refractivity contribution < 1.29 is 14.3 Å². The Hall–Kier alpha value is -3.26. The Morgan fingerprint density at radius 2 is 2.07 bits per heavy atom. The lowest BCUT2D eigenvalue weighted by Gasteiger charge is -2.33. The Bertz CT molecular complexity index is 1130. The molecule has 0 radical (unpaired) electrons. The number of H-pyrrole nitrogens is 1. The predicted octanol–water partition coefficient (Wildman–Crippen LogP) is 1.87. The Labute approximate surface area is 166 Å². The second-order valence-corrected chi connectivity index (χ2v) is 7.82. The fourth-order valence-electron chi connectivity index (χ4n) is 5.10. The average molecular weight is 389 g/mol. The number of nitrogens with one attached hydrogen (secondary N) is 1. The van der Waals surface area contributed by atoms with E-state index in [0.717, 1.165) is 10.9 Å². The average Bonchev–Trinajstić information content (AvgIpc) is 3.49. The highest BCUT2D eigenvalue weighted by Crippen LogP contribution is 2.51. The third-order valence-corrected chi connectivity index (χ3v) is 6.42. The van der Waals surface area contributed by atoms with Gasteiger partial charge in [0.2, 0.25) is 5.91 Å². The van der Waals surface area contributed by atoms with Crippen molar-refractivity contribution in [3.05, 3.63) is 59.9 Å². The molecule has 6 rings (SSSR count). The summed E-state index contributed by atoms with van der Waals surface area (Å²) >= 11 is 0. The summed E-state index contributed by atoms with van der Waals surface area (Å²) in [6.45, 7) is 0.990. The van der Waals surface area contributed by atoms with E-state index in [0.29, 0.717) is 30.9 Å². The van der Waals surface area contributed by atoms with Crippen LogP contribution in [0.25, 0.3) is 11.0 Å². The summed E-state index contributed by atoms with van der Waals surface area (Å²) in [5.74, 6) is -0.138. The van der Waals surface area contributed by atoms with Gasteiger partial charge in [-0.1, -0.05) is 30.3 Å². The van der Waals surface area contributed by atoms with Gasteiger partial charge < -0.3 is 14.5 Å². The molecule has 146 valence electrons. The molecule has 0 aliphatic carbocycles. The van der Waals surface area contributed by atoms with Crippen molar-refractivity contribution >= 4 is 22.8 Å². The van der Waals surface area contributed by atoms with Gasteiger partial charge in [0.1, 0.15) is 5.69 Å². The second kappa shape index (κ2) is 5.87. The van der Waals surface area contributed by atoms with Crippen molar-refractivity contribution in [2.24, 2.45) is 0 Å². The van der Waals surface area contributed by atoms with E-state index < -0.39 is 5.72 Å². The number of pyridine rings is 1. The van der Waals surface area contributed by atoms with Crippen LogP contribution in [0.15, 0.2) is 48.7 Å². The van der Waals surface area contributed by atoms with Crippen LogP contribution < -0.4 is 0 Å². The highest BCUT2D eigenvalue weighted by atomic mass is 16.5. The summed E-state index contributed by atoms with van der Waals surface area (Å²) in [5, 5.41) is 7.61. The number of fused-ring (bicyclic) bond motifs is 1. The molecule has 3 saturated heterocycles. The molecule has 8 heteroatoms. The lowest BCUT2D eigenvalue weighted by atomic mass is 10.0. The van der Waals surface area contributed by atoms with Crippen LogP contribution >= 0.6 is 0 Å². The summed E-state index contributed by atoms with van der Waals surface area (Å²) < 4.78 is 6.27. The maximum atomic E-state index is 13.2. The van der Waals surface area contributed by atoms with E-state index >= 15 is 0 Å². The first-order valence-corrected chi connectivity index (χ1v) is 9.79. The molecule has 3 aliphatic heterocycles. The zero-order valence-electron chi connectivity index (χ0n) is 15.6. The van der Waals surface area contributed by atoms with E-state index in [2.05, 4.69) is 15.2 Å². The fraction of sp³-hybridized carbons (Fsp3) is 0.333. The number of nitrogens with zero attached hydrogens (tertiary/aromatic N) is 4. The lowest BCUT2D eigenvalue weighted by Crippen LogP contribution is -2.49.